The van der Waals surface area contributed by atoms with Crippen molar-refractivity contribution in [2.24, 2.45) is 0 Å². The van der Waals surface area contributed by atoms with E-state index in [1.807, 2.05) is 6.08 Å². The average Bonchev–Trinajstić information content (AvgIpc) is 3.31. The summed E-state index contributed by atoms with van der Waals surface area (Å²) in [6, 6.07) is 0. The van der Waals surface area contributed by atoms with Gasteiger partial charge in [-0.05, 0) is 77.0 Å². The van der Waals surface area contributed by atoms with E-state index in [1.54, 1.807) is 0 Å². The summed E-state index contributed by atoms with van der Waals surface area (Å²) in [7, 11) is -5.14. The van der Waals surface area contributed by atoms with Crippen LogP contribution in [0.3, 0.4) is 0 Å². The van der Waals surface area contributed by atoms with Gasteiger partial charge in [-0.15, -0.1) is 0 Å². The molecule has 0 aromatic rings. The number of ether oxygens (including phenoxy) is 2. The molecule has 0 amide bonds. The van der Waals surface area contributed by atoms with E-state index in [-0.39, 0.29) is 12.8 Å². The van der Waals surface area contributed by atoms with Crippen molar-refractivity contribution in [3.05, 3.63) is 48.6 Å². The highest BCUT2D eigenvalue weighted by atomic mass is 31.2. The lowest BCUT2D eigenvalue weighted by Gasteiger charge is -2.41. The molecule has 1 aliphatic rings. The van der Waals surface area contributed by atoms with E-state index in [0.717, 1.165) is 64.2 Å². The highest BCUT2D eigenvalue weighted by Crippen LogP contribution is 2.47. The first kappa shape index (κ1) is 62.8. The zero-order valence-corrected chi connectivity index (χ0v) is 42.6. The van der Waals surface area contributed by atoms with Crippen LogP contribution in [0.1, 0.15) is 219 Å². The van der Waals surface area contributed by atoms with Crippen molar-refractivity contribution in [1.82, 2.24) is 0 Å². The van der Waals surface area contributed by atoms with Gasteiger partial charge < -0.3 is 39.9 Å². The third-order valence-electron chi connectivity index (χ3n) is 12.1. The van der Waals surface area contributed by atoms with Crippen LogP contribution in [0.4, 0.5) is 0 Å². The smallest absolute Gasteiger partial charge is 0.462 e. The molecular formula is C53H95O13P. The fraction of sp³-hybridized carbons (Fsp3) is 0.811. The Balaban J connectivity index is 2.41. The van der Waals surface area contributed by atoms with E-state index in [4.69, 9.17) is 18.5 Å². The second-order valence-electron chi connectivity index (χ2n) is 18.4. The van der Waals surface area contributed by atoms with Gasteiger partial charge >= 0.3 is 19.8 Å². The van der Waals surface area contributed by atoms with E-state index >= 15 is 0 Å². The van der Waals surface area contributed by atoms with Crippen LogP contribution < -0.4 is 0 Å². The number of hydrogen-bond donors (Lipinski definition) is 6. The Morgan fingerprint density at radius 2 is 0.836 bits per heavy atom. The molecule has 0 spiro atoms. The summed E-state index contributed by atoms with van der Waals surface area (Å²) in [6.07, 6.45) is 38.9. The molecule has 0 aromatic carbocycles. The zero-order chi connectivity index (χ0) is 49.2. The third-order valence-corrected chi connectivity index (χ3v) is 13.1. The molecule has 0 aliphatic heterocycles. The number of hydrogen-bond acceptors (Lipinski definition) is 12. The average molecular weight is 971 g/mol. The maximum absolute atomic E-state index is 12.8. The van der Waals surface area contributed by atoms with Gasteiger partial charge in [-0.25, -0.2) is 4.57 Å². The monoisotopic (exact) mass is 971 g/mol. The largest absolute Gasteiger partial charge is 0.472 e. The summed E-state index contributed by atoms with van der Waals surface area (Å²) in [5.41, 5.74) is 0. The van der Waals surface area contributed by atoms with Gasteiger partial charge in [0.2, 0.25) is 0 Å². The zero-order valence-electron chi connectivity index (χ0n) is 41.7. The molecule has 0 bridgehead atoms. The molecule has 6 N–H and O–H groups in total. The first-order valence-electron chi connectivity index (χ1n) is 26.4. The van der Waals surface area contributed by atoms with Gasteiger partial charge in [0.25, 0.3) is 0 Å². The molecule has 8 atom stereocenters. The van der Waals surface area contributed by atoms with Crippen LogP contribution in [0.2, 0.25) is 0 Å². The molecule has 13 nitrogen and oxygen atoms in total. The summed E-state index contributed by atoms with van der Waals surface area (Å²) >= 11 is 0. The van der Waals surface area contributed by atoms with Gasteiger partial charge in [0.1, 0.15) is 43.2 Å². The molecule has 6 unspecified atom stereocenters. The molecule has 0 aromatic heterocycles. The number of rotatable bonds is 44. The number of unbranched alkanes of at least 4 members (excludes halogenated alkanes) is 24. The van der Waals surface area contributed by atoms with Gasteiger partial charge in [-0.2, -0.15) is 0 Å². The number of aliphatic hydroxyl groups excluding tert-OH is 5. The van der Waals surface area contributed by atoms with Crippen LogP contribution >= 0.6 is 7.82 Å². The SMILES string of the molecule is CCCCC/C=C/C/C=C/CCCCCCCC(=O)OC[C@H](COP(=O)(O)OC1C(O)C(O)C(O)[C@@H](O)C1O)OC(=O)CCC/C=C/CC/C=C/CCCCCCCCCCCCCCCC. The van der Waals surface area contributed by atoms with Crippen molar-refractivity contribution in [1.29, 1.82) is 0 Å². The lowest BCUT2D eigenvalue weighted by molar-refractivity contribution is -0.220. The van der Waals surface area contributed by atoms with Gasteiger partial charge in [0.15, 0.2) is 6.10 Å². The predicted molar refractivity (Wildman–Crippen MR) is 267 cm³/mol. The molecule has 1 fully saturated rings. The lowest BCUT2D eigenvalue weighted by atomic mass is 9.85. The number of phosphoric acid groups is 1. The highest BCUT2D eigenvalue weighted by molar-refractivity contribution is 7.47. The Hall–Kier alpha value is -2.19. The Labute approximate surface area is 405 Å². The van der Waals surface area contributed by atoms with E-state index in [2.05, 4.69) is 56.4 Å². The van der Waals surface area contributed by atoms with Gasteiger partial charge in [-0.3, -0.25) is 18.6 Å². The minimum Gasteiger partial charge on any atom is -0.462 e. The van der Waals surface area contributed by atoms with Crippen LogP contribution in [-0.2, 0) is 32.7 Å². The summed E-state index contributed by atoms with van der Waals surface area (Å²) in [5, 5.41) is 50.3. The van der Waals surface area contributed by atoms with Crippen molar-refractivity contribution >= 4 is 19.8 Å². The number of aliphatic hydroxyl groups is 5. The predicted octanol–water partition coefficient (Wildman–Crippen LogP) is 11.5. The molecule has 0 saturated heterocycles. The molecular weight excluding hydrogens is 876 g/mol. The quantitative estimate of drug-likeness (QED) is 0.0145. The molecule has 1 rings (SSSR count). The Morgan fingerprint density at radius 1 is 0.463 bits per heavy atom. The number of phosphoric ester groups is 1. The molecule has 0 radical (unpaired) electrons. The standard InChI is InChI=1S/C53H95O13P/c1-3-5-7-9-11-13-15-17-19-20-21-22-23-24-25-26-28-30-32-34-36-38-40-42-47(55)65-45(44-64-67(61,62)66-53-51(59)49(57)48(56)50(58)52(53)60)43-63-46(54)41-39-37-35-33-31-29-27-18-16-14-12-10-8-6-4-2/h12,14,18,26-28,34,36,45,48-53,56-60H,3-11,13,15-17,19-25,29-33,35,37-44H2,1-2H3,(H,61,62)/b14-12+,27-18+,28-26+,36-34+/t45-,48?,49-,50?,51?,52?,53?/m1/s1. The Bertz CT molecular complexity index is 1350. The molecule has 1 aliphatic carbocycles. The molecule has 67 heavy (non-hydrogen) atoms. The van der Waals surface area contributed by atoms with Gasteiger partial charge in [0.05, 0.1) is 6.61 Å². The number of allylic oxidation sites excluding steroid dienone is 8. The molecule has 0 heterocycles. The third kappa shape index (κ3) is 34.7. The highest BCUT2D eigenvalue weighted by Gasteiger charge is 2.51. The summed E-state index contributed by atoms with van der Waals surface area (Å²) in [4.78, 5) is 35.8. The summed E-state index contributed by atoms with van der Waals surface area (Å²) in [5.74, 6) is -1.16. The molecule has 14 heteroatoms. The summed E-state index contributed by atoms with van der Waals surface area (Å²) in [6.45, 7) is 3.26. The molecule has 390 valence electrons. The Morgan fingerprint density at radius 3 is 1.34 bits per heavy atom. The van der Waals surface area contributed by atoms with Crippen LogP contribution in [0, 0.1) is 0 Å². The van der Waals surface area contributed by atoms with Crippen molar-refractivity contribution < 1.29 is 63.1 Å². The van der Waals surface area contributed by atoms with E-state index < -0.39 is 75.7 Å². The maximum atomic E-state index is 12.8. The lowest BCUT2D eigenvalue weighted by Crippen LogP contribution is -2.64. The number of esters is 2. The van der Waals surface area contributed by atoms with Crippen molar-refractivity contribution in [3.8, 4) is 0 Å². The fourth-order valence-corrected chi connectivity index (χ4v) is 8.84. The first-order chi connectivity index (χ1) is 32.4. The Kier molecular flexibility index (Phi) is 40.0. The van der Waals surface area contributed by atoms with Crippen LogP contribution in [-0.4, -0.2) is 98.3 Å². The van der Waals surface area contributed by atoms with Crippen LogP contribution in [0.5, 0.6) is 0 Å². The van der Waals surface area contributed by atoms with E-state index in [9.17, 15) is 44.6 Å². The topological polar surface area (TPSA) is 210 Å². The van der Waals surface area contributed by atoms with Gasteiger partial charge in [0, 0.05) is 12.8 Å². The normalized spacial score (nSPS) is 21.5. The fourth-order valence-electron chi connectivity index (χ4n) is 7.87. The molecule has 1 saturated carbocycles. The van der Waals surface area contributed by atoms with Crippen molar-refractivity contribution in [2.45, 2.75) is 262 Å². The van der Waals surface area contributed by atoms with Gasteiger partial charge in [-0.1, -0.05) is 178 Å². The van der Waals surface area contributed by atoms with Crippen LogP contribution in [0.25, 0.3) is 0 Å². The van der Waals surface area contributed by atoms with E-state index in [0.29, 0.717) is 19.3 Å². The maximum Gasteiger partial charge on any atom is 0.472 e. The van der Waals surface area contributed by atoms with Crippen molar-refractivity contribution in [2.75, 3.05) is 13.2 Å². The van der Waals surface area contributed by atoms with Crippen molar-refractivity contribution in [3.63, 3.8) is 0 Å². The summed E-state index contributed by atoms with van der Waals surface area (Å²) < 4.78 is 33.6. The first-order valence-corrected chi connectivity index (χ1v) is 27.9. The number of carbonyl (C=O) groups is 2. The minimum absolute atomic E-state index is 0.0334. The van der Waals surface area contributed by atoms with Crippen LogP contribution in [0.15, 0.2) is 48.6 Å². The van der Waals surface area contributed by atoms with E-state index in [1.165, 1.54) is 109 Å². The minimum atomic E-state index is -5.14. The second-order valence-corrected chi connectivity index (χ2v) is 19.8. The second kappa shape index (κ2) is 42.7. The number of carbonyl (C=O) groups excluding carboxylic acids is 2.